The summed E-state index contributed by atoms with van der Waals surface area (Å²) in [5, 5.41) is 0. The Balaban J connectivity index is 2.44. The Bertz CT molecular complexity index is 560. The maximum absolute atomic E-state index is 13.0. The van der Waals surface area contributed by atoms with E-state index in [0.717, 1.165) is 6.92 Å². The van der Waals surface area contributed by atoms with Crippen molar-refractivity contribution in [3.05, 3.63) is 29.6 Å². The van der Waals surface area contributed by atoms with Crippen molar-refractivity contribution in [2.75, 3.05) is 6.61 Å². The normalized spacial score (nSPS) is 30.9. The molecule has 0 amide bonds. The van der Waals surface area contributed by atoms with Crippen LogP contribution in [0.4, 0.5) is 19.0 Å². The number of alkyl halides is 3. The molecule has 2 rings (SSSR count). The molecule has 1 aromatic rings. The molecular formula is C12H14F3N4O-. The standard InChI is InChI=1S/C12H14F3N4O/c1-10(7-4-3-5-8(16)18-7)6-20-11(2,9(17)19-10)12(13,14)15/h3-5H,6H2,1-2H3,(H3-,16,17,18,19)/q-1. The molecule has 1 aromatic heterocycles. The van der Waals surface area contributed by atoms with Gasteiger partial charge in [0.05, 0.1) is 6.61 Å². The number of aromatic nitrogens is 1. The van der Waals surface area contributed by atoms with Gasteiger partial charge in [0, 0.05) is 0 Å². The smallest absolute Gasteiger partial charge is 0.424 e. The predicted octanol–water partition coefficient (Wildman–Crippen LogP) is 2.69. The summed E-state index contributed by atoms with van der Waals surface area (Å²) >= 11 is 0. The molecule has 8 heteroatoms. The molecule has 3 N–H and O–H groups in total. The van der Waals surface area contributed by atoms with Gasteiger partial charge in [-0.05, 0) is 19.5 Å². The van der Waals surface area contributed by atoms with Crippen LogP contribution in [0.1, 0.15) is 19.5 Å². The molecule has 0 saturated heterocycles. The van der Waals surface area contributed by atoms with Crippen LogP contribution in [0.5, 0.6) is 0 Å². The van der Waals surface area contributed by atoms with Crippen LogP contribution in [-0.4, -0.2) is 29.2 Å². The summed E-state index contributed by atoms with van der Waals surface area (Å²) in [6, 6.07) is 4.62. The van der Waals surface area contributed by atoms with Crippen LogP contribution < -0.4 is 5.73 Å². The van der Waals surface area contributed by atoms with Gasteiger partial charge in [0.2, 0.25) is 5.60 Å². The summed E-state index contributed by atoms with van der Waals surface area (Å²) in [7, 11) is 0. The Kier molecular flexibility index (Phi) is 3.16. The van der Waals surface area contributed by atoms with Gasteiger partial charge in [0.15, 0.2) is 0 Å². The fourth-order valence-corrected chi connectivity index (χ4v) is 1.86. The van der Waals surface area contributed by atoms with Gasteiger partial charge < -0.3 is 21.2 Å². The van der Waals surface area contributed by atoms with Gasteiger partial charge in [-0.15, -0.1) is 0 Å². The van der Waals surface area contributed by atoms with Crippen LogP contribution >= 0.6 is 0 Å². The molecule has 2 unspecified atom stereocenters. The van der Waals surface area contributed by atoms with Crippen molar-refractivity contribution in [1.29, 1.82) is 0 Å². The number of amidine groups is 1. The van der Waals surface area contributed by atoms with Crippen molar-refractivity contribution in [3.63, 3.8) is 0 Å². The molecular weight excluding hydrogens is 273 g/mol. The van der Waals surface area contributed by atoms with Crippen molar-refractivity contribution in [1.82, 2.24) is 4.98 Å². The second kappa shape index (κ2) is 4.34. The molecule has 0 saturated carbocycles. The van der Waals surface area contributed by atoms with Gasteiger partial charge in [-0.25, -0.2) is 0 Å². The average molecular weight is 287 g/mol. The van der Waals surface area contributed by atoms with Crippen LogP contribution in [-0.2, 0) is 10.3 Å². The van der Waals surface area contributed by atoms with Gasteiger partial charge in [0.25, 0.3) is 0 Å². The van der Waals surface area contributed by atoms with E-state index in [1.54, 1.807) is 19.1 Å². The first-order valence-electron chi connectivity index (χ1n) is 5.84. The summed E-state index contributed by atoms with van der Waals surface area (Å²) in [5.74, 6) is -0.641. The quantitative estimate of drug-likeness (QED) is 0.861. The average Bonchev–Trinajstić information content (AvgIpc) is 2.33. The molecule has 0 fully saturated rings. The third-order valence-corrected chi connectivity index (χ3v) is 3.34. The van der Waals surface area contributed by atoms with Gasteiger partial charge in [-0.2, -0.15) is 13.2 Å². The van der Waals surface area contributed by atoms with E-state index >= 15 is 0 Å². The fourth-order valence-electron chi connectivity index (χ4n) is 1.86. The van der Waals surface area contributed by atoms with E-state index in [1.165, 1.54) is 6.07 Å². The summed E-state index contributed by atoms with van der Waals surface area (Å²) in [6.07, 6.45) is -4.65. The molecule has 0 radical (unpaired) electrons. The number of ether oxygens (including phenoxy) is 1. The predicted molar refractivity (Wildman–Crippen MR) is 67.6 cm³/mol. The van der Waals surface area contributed by atoms with Crippen molar-refractivity contribution in [2.24, 2.45) is 10.7 Å². The van der Waals surface area contributed by atoms with Gasteiger partial charge in [-0.3, -0.25) is 4.99 Å². The van der Waals surface area contributed by atoms with Crippen LogP contribution in [0, 0.1) is 0 Å². The Hall–Kier alpha value is -1.83. The highest BCUT2D eigenvalue weighted by molar-refractivity contribution is 5.90. The lowest BCUT2D eigenvalue weighted by Crippen LogP contribution is -2.60. The number of nitrogens with two attached hydrogens (primary N) is 1. The van der Waals surface area contributed by atoms with Crippen molar-refractivity contribution in [3.8, 4) is 0 Å². The minimum absolute atomic E-state index is 0.00153. The van der Waals surface area contributed by atoms with Crippen LogP contribution in [0.15, 0.2) is 23.2 Å². The highest BCUT2D eigenvalue weighted by Crippen LogP contribution is 2.40. The van der Waals surface area contributed by atoms with Crippen molar-refractivity contribution in [2.45, 2.75) is 31.2 Å². The zero-order chi connectivity index (χ0) is 15.2. The first kappa shape index (κ1) is 14.6. The lowest BCUT2D eigenvalue weighted by Gasteiger charge is -2.41. The lowest BCUT2D eigenvalue weighted by atomic mass is 9.93. The van der Waals surface area contributed by atoms with E-state index in [-0.39, 0.29) is 12.4 Å². The number of pyridine rings is 1. The maximum atomic E-state index is 13.0. The molecule has 2 heterocycles. The van der Waals surface area contributed by atoms with E-state index in [0.29, 0.717) is 5.69 Å². The van der Waals surface area contributed by atoms with Gasteiger partial charge in [0.1, 0.15) is 11.4 Å². The maximum Gasteiger partial charge on any atom is 0.424 e. The number of nitrogens with zero attached hydrogens (tertiary/aromatic N) is 2. The molecule has 5 nitrogen and oxygen atoms in total. The molecule has 110 valence electrons. The second-order valence-electron chi connectivity index (χ2n) is 5.00. The third-order valence-electron chi connectivity index (χ3n) is 3.34. The first-order chi connectivity index (χ1) is 9.08. The topological polar surface area (TPSA) is 84.3 Å². The monoisotopic (exact) mass is 287 g/mol. The third kappa shape index (κ3) is 2.20. The van der Waals surface area contributed by atoms with Crippen LogP contribution in [0.2, 0.25) is 0 Å². The first-order valence-corrected chi connectivity index (χ1v) is 5.84. The van der Waals surface area contributed by atoms with E-state index in [4.69, 9.17) is 16.2 Å². The van der Waals surface area contributed by atoms with Crippen LogP contribution in [0.3, 0.4) is 0 Å². The second-order valence-corrected chi connectivity index (χ2v) is 5.00. The zero-order valence-corrected chi connectivity index (χ0v) is 11.0. The Morgan fingerprint density at radius 3 is 2.50 bits per heavy atom. The highest BCUT2D eigenvalue weighted by Gasteiger charge is 2.58. The zero-order valence-electron chi connectivity index (χ0n) is 11.0. The molecule has 2 atom stereocenters. The van der Waals surface area contributed by atoms with E-state index < -0.39 is 23.2 Å². The van der Waals surface area contributed by atoms with E-state index in [1.807, 2.05) is 0 Å². The number of halogens is 3. The Morgan fingerprint density at radius 1 is 1.35 bits per heavy atom. The number of rotatable bonds is 1. The molecule has 0 aliphatic carbocycles. The number of hydrogen-bond acceptors (Lipinski definition) is 4. The summed E-state index contributed by atoms with van der Waals surface area (Å²) in [6.45, 7) is 2.09. The van der Waals surface area contributed by atoms with E-state index in [9.17, 15) is 13.2 Å². The number of nitrogens with one attached hydrogen (secondary N) is 1. The largest absolute Gasteiger partial charge is 0.482 e. The van der Waals surface area contributed by atoms with Crippen molar-refractivity contribution < 1.29 is 17.9 Å². The Labute approximate surface area is 113 Å². The minimum atomic E-state index is -4.65. The summed E-state index contributed by atoms with van der Waals surface area (Å²) in [4.78, 5) is 7.90. The highest BCUT2D eigenvalue weighted by atomic mass is 19.4. The Morgan fingerprint density at radius 2 is 2.00 bits per heavy atom. The summed E-state index contributed by atoms with van der Waals surface area (Å²) < 4.78 is 43.9. The minimum Gasteiger partial charge on any atom is -0.482 e. The van der Waals surface area contributed by atoms with Crippen molar-refractivity contribution >= 4 is 11.7 Å². The van der Waals surface area contributed by atoms with Gasteiger partial charge >= 0.3 is 6.18 Å². The molecule has 0 aromatic carbocycles. The number of aliphatic imine (C=N–C) groups is 1. The molecule has 0 spiro atoms. The van der Waals surface area contributed by atoms with E-state index in [2.05, 4.69) is 9.98 Å². The van der Waals surface area contributed by atoms with Gasteiger partial charge in [-0.1, -0.05) is 24.0 Å². The molecule has 1 aliphatic rings. The molecule has 1 aliphatic heterocycles. The lowest BCUT2D eigenvalue weighted by molar-refractivity contribution is -0.249. The fraction of sp³-hybridized carbons (Fsp3) is 0.500. The SMILES string of the molecule is CC1(c2cccc([NH-])n2)COC(C)(C(F)(F)F)C(N)=N1. The molecule has 0 bridgehead atoms. The van der Waals surface area contributed by atoms with Crippen LogP contribution in [0.25, 0.3) is 5.73 Å². The number of hydrogen-bond donors (Lipinski definition) is 1. The summed E-state index contributed by atoms with van der Waals surface area (Å²) in [5.41, 5.74) is 9.56. The molecule has 20 heavy (non-hydrogen) atoms.